The van der Waals surface area contributed by atoms with Crippen molar-refractivity contribution in [3.8, 4) is 0 Å². The lowest BCUT2D eigenvalue weighted by Gasteiger charge is -2.15. The molecule has 8 heteroatoms. The largest absolute Gasteiger partial charge is 0.390 e. The Balaban J connectivity index is 1.61. The number of hydrogen-bond acceptors (Lipinski definition) is 6. The number of halogens is 1. The summed E-state index contributed by atoms with van der Waals surface area (Å²) in [4.78, 5) is 8.87. The molecule has 1 aliphatic heterocycles. The average Bonchev–Trinajstić information content (AvgIpc) is 3.17. The van der Waals surface area contributed by atoms with Gasteiger partial charge in [-0.1, -0.05) is 28.1 Å². The van der Waals surface area contributed by atoms with E-state index in [0.29, 0.717) is 23.8 Å². The van der Waals surface area contributed by atoms with Crippen molar-refractivity contribution in [2.24, 2.45) is 0 Å². The molecule has 4 rings (SSSR count). The molecular formula is C17H17BrN4O2S. The second-order valence-corrected chi connectivity index (χ2v) is 8.04. The van der Waals surface area contributed by atoms with Crippen LogP contribution in [0.15, 0.2) is 47.3 Å². The van der Waals surface area contributed by atoms with Gasteiger partial charge in [0.05, 0.1) is 29.3 Å². The predicted octanol–water partition coefficient (Wildman–Crippen LogP) is 2.61. The van der Waals surface area contributed by atoms with Crippen LogP contribution in [0, 0.1) is 0 Å². The topological polar surface area (TPSA) is 82.7 Å². The molecule has 0 amide bonds. The molecule has 1 aliphatic rings. The van der Waals surface area contributed by atoms with Gasteiger partial charge in [0.25, 0.3) is 0 Å². The van der Waals surface area contributed by atoms with Crippen LogP contribution in [0.2, 0.25) is 0 Å². The first-order chi connectivity index (χ1) is 12.1. The third kappa shape index (κ3) is 3.27. The van der Waals surface area contributed by atoms with E-state index < -0.39 is 12.2 Å². The van der Waals surface area contributed by atoms with E-state index in [9.17, 15) is 10.2 Å². The van der Waals surface area contributed by atoms with Crippen LogP contribution in [0.1, 0.15) is 16.5 Å². The smallest absolute Gasteiger partial charge is 0.180 e. The van der Waals surface area contributed by atoms with Crippen LogP contribution >= 0.6 is 27.7 Å². The summed E-state index contributed by atoms with van der Waals surface area (Å²) in [7, 11) is 0. The van der Waals surface area contributed by atoms with Crippen LogP contribution in [0.3, 0.4) is 0 Å². The van der Waals surface area contributed by atoms with Gasteiger partial charge in [-0.05, 0) is 17.7 Å². The Kier molecular flexibility index (Phi) is 4.68. The van der Waals surface area contributed by atoms with Gasteiger partial charge >= 0.3 is 0 Å². The Bertz CT molecular complexity index is 903. The number of hydrogen-bond donors (Lipinski definition) is 3. The monoisotopic (exact) mass is 420 g/mol. The van der Waals surface area contributed by atoms with Crippen molar-refractivity contribution in [2.45, 2.75) is 24.0 Å². The highest BCUT2D eigenvalue weighted by Gasteiger charge is 2.37. The van der Waals surface area contributed by atoms with Crippen LogP contribution in [-0.2, 0) is 6.54 Å². The summed E-state index contributed by atoms with van der Waals surface area (Å²) in [5.41, 5.74) is 2.72. The molecule has 1 aromatic carbocycles. The number of nitrogens with zero attached hydrogens (tertiary/aromatic N) is 3. The van der Waals surface area contributed by atoms with Crippen LogP contribution in [0.4, 0.5) is 5.82 Å². The zero-order valence-electron chi connectivity index (χ0n) is 13.2. The summed E-state index contributed by atoms with van der Waals surface area (Å²) in [5.74, 6) is 1.21. The molecule has 3 N–H and O–H groups in total. The SMILES string of the molecule is O[C@@H]1[C@H](O)CS[C@H]1c1cnc2c(NCc3cccc(Br)c3)nccn12. The normalized spacial score (nSPS) is 23.2. The van der Waals surface area contributed by atoms with Crippen molar-refractivity contribution in [3.63, 3.8) is 0 Å². The molecule has 25 heavy (non-hydrogen) atoms. The minimum absolute atomic E-state index is 0.190. The quantitative estimate of drug-likeness (QED) is 0.601. The van der Waals surface area contributed by atoms with E-state index in [1.165, 1.54) is 0 Å². The van der Waals surface area contributed by atoms with Gasteiger partial charge in [0, 0.05) is 29.2 Å². The summed E-state index contributed by atoms with van der Waals surface area (Å²) in [6.07, 6.45) is 3.82. The molecule has 0 aliphatic carbocycles. The molecule has 3 atom stereocenters. The van der Waals surface area contributed by atoms with Crippen molar-refractivity contribution in [3.05, 3.63) is 58.6 Å². The second-order valence-electron chi connectivity index (χ2n) is 5.95. The second kappa shape index (κ2) is 6.95. The Morgan fingerprint density at radius 1 is 1.32 bits per heavy atom. The Hall–Kier alpha value is -1.61. The Morgan fingerprint density at radius 3 is 2.96 bits per heavy atom. The maximum Gasteiger partial charge on any atom is 0.180 e. The van der Waals surface area contributed by atoms with Crippen LogP contribution < -0.4 is 5.32 Å². The average molecular weight is 421 g/mol. The van der Waals surface area contributed by atoms with Crippen LogP contribution in [0.5, 0.6) is 0 Å². The lowest BCUT2D eigenvalue weighted by atomic mass is 10.1. The van der Waals surface area contributed by atoms with E-state index in [1.54, 1.807) is 24.2 Å². The number of rotatable bonds is 4. The number of aliphatic hydroxyl groups is 2. The molecular weight excluding hydrogens is 404 g/mol. The van der Waals surface area contributed by atoms with Gasteiger partial charge < -0.3 is 15.5 Å². The number of fused-ring (bicyclic) bond motifs is 1. The van der Waals surface area contributed by atoms with Gasteiger partial charge in [0.2, 0.25) is 0 Å². The summed E-state index contributed by atoms with van der Waals surface area (Å²) in [6, 6.07) is 8.08. The lowest BCUT2D eigenvalue weighted by molar-refractivity contribution is 0.0411. The molecule has 1 fully saturated rings. The molecule has 0 spiro atoms. The first-order valence-electron chi connectivity index (χ1n) is 7.91. The van der Waals surface area contributed by atoms with Crippen LogP contribution in [0.25, 0.3) is 5.65 Å². The summed E-state index contributed by atoms with van der Waals surface area (Å²) in [5, 5.41) is 23.1. The van der Waals surface area contributed by atoms with Crippen molar-refractivity contribution in [1.82, 2.24) is 14.4 Å². The van der Waals surface area contributed by atoms with Gasteiger partial charge in [-0.2, -0.15) is 0 Å². The van der Waals surface area contributed by atoms with Gasteiger partial charge in [-0.25, -0.2) is 9.97 Å². The fourth-order valence-electron chi connectivity index (χ4n) is 2.97. The third-order valence-electron chi connectivity index (χ3n) is 4.25. The lowest BCUT2D eigenvalue weighted by Crippen LogP contribution is -2.25. The van der Waals surface area contributed by atoms with Crippen molar-refractivity contribution in [2.75, 3.05) is 11.1 Å². The highest BCUT2D eigenvalue weighted by Crippen LogP contribution is 2.40. The van der Waals surface area contributed by atoms with Gasteiger partial charge in [0.1, 0.15) is 0 Å². The number of imidazole rings is 1. The first-order valence-corrected chi connectivity index (χ1v) is 9.75. The van der Waals surface area contributed by atoms with E-state index in [4.69, 9.17) is 0 Å². The van der Waals surface area contributed by atoms with Crippen molar-refractivity contribution < 1.29 is 10.2 Å². The maximum atomic E-state index is 10.2. The molecule has 130 valence electrons. The number of aromatic nitrogens is 3. The number of aliphatic hydroxyl groups excluding tert-OH is 2. The predicted molar refractivity (Wildman–Crippen MR) is 102 cm³/mol. The zero-order chi connectivity index (χ0) is 17.4. The minimum Gasteiger partial charge on any atom is -0.390 e. The van der Waals surface area contributed by atoms with E-state index in [2.05, 4.69) is 37.3 Å². The first kappa shape index (κ1) is 16.8. The molecule has 0 radical (unpaired) electrons. The third-order valence-corrected chi connectivity index (χ3v) is 6.15. The number of thioether (sulfide) groups is 1. The van der Waals surface area contributed by atoms with E-state index in [-0.39, 0.29) is 5.25 Å². The van der Waals surface area contributed by atoms with E-state index in [1.807, 2.05) is 28.8 Å². The Morgan fingerprint density at radius 2 is 2.20 bits per heavy atom. The Labute approximate surface area is 157 Å². The fraction of sp³-hybridized carbons (Fsp3) is 0.294. The fourth-order valence-corrected chi connectivity index (χ4v) is 4.74. The number of anilines is 1. The maximum absolute atomic E-state index is 10.2. The molecule has 0 bridgehead atoms. The summed E-state index contributed by atoms with van der Waals surface area (Å²) in [6.45, 7) is 0.633. The molecule has 6 nitrogen and oxygen atoms in total. The number of nitrogens with one attached hydrogen (secondary N) is 1. The van der Waals surface area contributed by atoms with Gasteiger partial charge in [-0.15, -0.1) is 11.8 Å². The highest BCUT2D eigenvalue weighted by molar-refractivity contribution is 9.10. The van der Waals surface area contributed by atoms with Crippen molar-refractivity contribution >= 4 is 39.2 Å². The van der Waals surface area contributed by atoms with Crippen molar-refractivity contribution in [1.29, 1.82) is 0 Å². The van der Waals surface area contributed by atoms with Crippen LogP contribution in [-0.4, -0.2) is 42.5 Å². The molecule has 1 saturated heterocycles. The molecule has 0 unspecified atom stereocenters. The van der Waals surface area contributed by atoms with E-state index in [0.717, 1.165) is 15.7 Å². The van der Waals surface area contributed by atoms with Gasteiger partial charge in [-0.3, -0.25) is 4.40 Å². The van der Waals surface area contributed by atoms with E-state index >= 15 is 0 Å². The highest BCUT2D eigenvalue weighted by atomic mass is 79.9. The standard InChI is InChI=1S/C17H17BrN4O2S/c18-11-3-1-2-10(6-11)7-20-16-17-21-8-12(22(17)5-4-19-16)15-14(24)13(23)9-25-15/h1-6,8,13-15,23-24H,7,9H2,(H,19,20)/t13-,14-,15+/m1/s1. The minimum atomic E-state index is -0.781. The molecule has 0 saturated carbocycles. The molecule has 2 aromatic heterocycles. The number of benzene rings is 1. The van der Waals surface area contributed by atoms with Gasteiger partial charge in [0.15, 0.2) is 11.5 Å². The molecule has 3 aromatic rings. The summed E-state index contributed by atoms with van der Waals surface area (Å²) < 4.78 is 2.96. The zero-order valence-corrected chi connectivity index (χ0v) is 15.6. The summed E-state index contributed by atoms with van der Waals surface area (Å²) >= 11 is 5.02. The molecule has 3 heterocycles.